The molecule has 7 heteroatoms. The first-order valence-electron chi connectivity index (χ1n) is 15.4. The molecule has 0 saturated heterocycles. The Morgan fingerprint density at radius 3 is 2.04 bits per heavy atom. The van der Waals surface area contributed by atoms with Crippen LogP contribution in [0.15, 0.2) is 97.1 Å². The van der Waals surface area contributed by atoms with Crippen LogP contribution in [0.1, 0.15) is 59.7 Å². The van der Waals surface area contributed by atoms with Gasteiger partial charge in [0.1, 0.15) is 11.5 Å². The molecule has 0 radical (unpaired) electrons. The highest BCUT2D eigenvalue weighted by Gasteiger charge is 2.30. The van der Waals surface area contributed by atoms with Crippen LogP contribution in [0.2, 0.25) is 0 Å². The van der Waals surface area contributed by atoms with E-state index in [-0.39, 0.29) is 5.97 Å². The van der Waals surface area contributed by atoms with Crippen molar-refractivity contribution in [2.45, 2.75) is 52.1 Å². The summed E-state index contributed by atoms with van der Waals surface area (Å²) in [6.45, 7) is 4.50. The molecule has 5 aromatic rings. The highest BCUT2D eigenvalue weighted by Crippen LogP contribution is 2.40. The zero-order chi connectivity index (χ0) is 32.7. The zero-order valence-corrected chi connectivity index (χ0v) is 25.8. The molecule has 236 valence electrons. The van der Waals surface area contributed by atoms with Gasteiger partial charge in [0.25, 0.3) is 0 Å². The fourth-order valence-corrected chi connectivity index (χ4v) is 5.46. The van der Waals surface area contributed by atoms with Gasteiger partial charge in [-0.15, -0.1) is 0 Å². The van der Waals surface area contributed by atoms with Crippen LogP contribution in [0.5, 0.6) is 11.5 Å². The minimum Gasteiger partial charge on any atom is -0.466 e. The average Bonchev–Trinajstić information content (AvgIpc) is 3.05. The van der Waals surface area contributed by atoms with E-state index in [9.17, 15) is 22.8 Å². The fraction of sp³-hybridized carbons (Fsp3) is 0.231. The van der Waals surface area contributed by atoms with Crippen molar-refractivity contribution in [2.24, 2.45) is 0 Å². The lowest BCUT2D eigenvalue weighted by molar-refractivity contribution is -0.143. The van der Waals surface area contributed by atoms with Crippen molar-refractivity contribution in [1.82, 2.24) is 0 Å². The highest BCUT2D eigenvalue weighted by atomic mass is 19.4. The molecule has 0 aliphatic carbocycles. The molecule has 0 saturated carbocycles. The van der Waals surface area contributed by atoms with Crippen LogP contribution in [0.3, 0.4) is 0 Å². The molecule has 46 heavy (non-hydrogen) atoms. The SMILES string of the molecule is CCCCOC(=O)CCCc1ccc(-c2ccc(C)c3c(Oc4ccc(-c5ccc(C(F)(F)F)cc5)cc4)ccc(C=O)c23)cc1. The highest BCUT2D eigenvalue weighted by molar-refractivity contribution is 6.10. The predicted octanol–water partition coefficient (Wildman–Crippen LogP) is 10.8. The van der Waals surface area contributed by atoms with Gasteiger partial charge in [-0.1, -0.05) is 74.0 Å². The number of benzene rings is 5. The number of esters is 1. The summed E-state index contributed by atoms with van der Waals surface area (Å²) in [6.07, 6.45) is 0.183. The summed E-state index contributed by atoms with van der Waals surface area (Å²) in [6, 6.07) is 27.9. The minimum absolute atomic E-state index is 0.161. The number of rotatable bonds is 12. The van der Waals surface area contributed by atoms with Gasteiger partial charge in [-0.25, -0.2) is 0 Å². The molecule has 0 amide bonds. The summed E-state index contributed by atoms with van der Waals surface area (Å²) >= 11 is 0. The summed E-state index contributed by atoms with van der Waals surface area (Å²) in [5.41, 5.74) is 5.19. The van der Waals surface area contributed by atoms with Crippen molar-refractivity contribution in [1.29, 1.82) is 0 Å². The third kappa shape index (κ3) is 7.65. The van der Waals surface area contributed by atoms with Crippen molar-refractivity contribution < 1.29 is 32.2 Å². The molecule has 5 aromatic carbocycles. The van der Waals surface area contributed by atoms with E-state index in [1.165, 1.54) is 12.1 Å². The Balaban J connectivity index is 1.36. The molecule has 0 fully saturated rings. The molecular formula is C39H35F3O4. The molecule has 0 N–H and O–H groups in total. The maximum absolute atomic E-state index is 13.0. The van der Waals surface area contributed by atoms with E-state index >= 15 is 0 Å². The Kier molecular flexibility index (Phi) is 10.2. The number of hydrogen-bond acceptors (Lipinski definition) is 4. The largest absolute Gasteiger partial charge is 0.466 e. The van der Waals surface area contributed by atoms with E-state index in [4.69, 9.17) is 9.47 Å². The Morgan fingerprint density at radius 1 is 0.761 bits per heavy atom. The van der Waals surface area contributed by atoms with Crippen molar-refractivity contribution >= 4 is 23.0 Å². The monoisotopic (exact) mass is 624 g/mol. The van der Waals surface area contributed by atoms with Gasteiger partial charge in [-0.05, 0) is 96.0 Å². The average molecular weight is 625 g/mol. The van der Waals surface area contributed by atoms with Crippen LogP contribution < -0.4 is 4.74 Å². The quantitative estimate of drug-likeness (QED) is 0.0787. The van der Waals surface area contributed by atoms with Crippen LogP contribution in [0, 0.1) is 6.92 Å². The molecule has 0 bridgehead atoms. The Hall–Kier alpha value is -4.91. The van der Waals surface area contributed by atoms with Gasteiger partial charge in [0, 0.05) is 22.8 Å². The maximum Gasteiger partial charge on any atom is 0.416 e. The fourth-order valence-electron chi connectivity index (χ4n) is 5.46. The topological polar surface area (TPSA) is 52.6 Å². The zero-order valence-electron chi connectivity index (χ0n) is 25.8. The Labute approximate surface area is 266 Å². The molecule has 0 aliphatic rings. The minimum atomic E-state index is -4.38. The summed E-state index contributed by atoms with van der Waals surface area (Å²) in [5, 5.41) is 1.61. The molecule has 5 rings (SSSR count). The van der Waals surface area contributed by atoms with E-state index in [0.717, 1.165) is 76.3 Å². The van der Waals surface area contributed by atoms with Crippen LogP contribution in [-0.4, -0.2) is 18.9 Å². The lowest BCUT2D eigenvalue weighted by Crippen LogP contribution is -2.05. The first-order chi connectivity index (χ1) is 22.2. The standard InChI is InChI=1S/C39H35F3O4/c1-3-4-24-45-36(44)7-5-6-27-9-11-30(12-10-27)34-22-8-26(2)37-35(23-17-31(25-43)38(34)37)46-33-20-15-29(16-21-33)28-13-18-32(19-14-28)39(40,41)42/h8-23,25H,3-7,24H2,1-2H3. The second-order valence-electron chi connectivity index (χ2n) is 11.3. The van der Waals surface area contributed by atoms with Crippen molar-refractivity contribution in [2.75, 3.05) is 6.61 Å². The number of aryl methyl sites for hydroxylation is 2. The Morgan fingerprint density at radius 2 is 1.41 bits per heavy atom. The van der Waals surface area contributed by atoms with Gasteiger partial charge in [-0.2, -0.15) is 13.2 Å². The second kappa shape index (κ2) is 14.5. The summed E-state index contributed by atoms with van der Waals surface area (Å²) < 4.78 is 50.4. The number of aldehydes is 1. The van der Waals surface area contributed by atoms with Gasteiger partial charge < -0.3 is 9.47 Å². The van der Waals surface area contributed by atoms with Crippen LogP contribution >= 0.6 is 0 Å². The first-order valence-corrected chi connectivity index (χ1v) is 15.4. The number of ether oxygens (including phenoxy) is 2. The van der Waals surface area contributed by atoms with Gasteiger partial charge in [-0.3, -0.25) is 9.59 Å². The van der Waals surface area contributed by atoms with E-state index in [1.807, 2.05) is 43.3 Å². The van der Waals surface area contributed by atoms with Gasteiger partial charge in [0.15, 0.2) is 6.29 Å². The molecule has 4 nitrogen and oxygen atoms in total. The van der Waals surface area contributed by atoms with Crippen LogP contribution in [0.4, 0.5) is 13.2 Å². The smallest absolute Gasteiger partial charge is 0.416 e. The maximum atomic E-state index is 13.0. The van der Waals surface area contributed by atoms with Crippen molar-refractivity contribution in [3.05, 3.63) is 119 Å². The molecule has 0 heterocycles. The van der Waals surface area contributed by atoms with Crippen molar-refractivity contribution in [3.8, 4) is 33.8 Å². The van der Waals surface area contributed by atoms with E-state index in [1.54, 1.807) is 36.4 Å². The summed E-state index contributed by atoms with van der Waals surface area (Å²) in [7, 11) is 0. The number of alkyl halides is 3. The van der Waals surface area contributed by atoms with E-state index < -0.39 is 11.7 Å². The van der Waals surface area contributed by atoms with Gasteiger partial charge in [0.05, 0.1) is 12.2 Å². The number of fused-ring (bicyclic) bond motifs is 1. The molecule has 0 aliphatic heterocycles. The van der Waals surface area contributed by atoms with Crippen molar-refractivity contribution in [3.63, 3.8) is 0 Å². The van der Waals surface area contributed by atoms with E-state index in [0.29, 0.717) is 42.1 Å². The number of carbonyl (C=O) groups excluding carboxylic acids is 2. The third-order valence-corrected chi connectivity index (χ3v) is 7.99. The normalized spacial score (nSPS) is 11.4. The number of unbranched alkanes of at least 4 members (excludes halogenated alkanes) is 1. The number of halogens is 3. The lowest BCUT2D eigenvalue weighted by atomic mass is 9.91. The van der Waals surface area contributed by atoms with Crippen LogP contribution in [-0.2, 0) is 22.1 Å². The molecular weight excluding hydrogens is 589 g/mol. The van der Waals surface area contributed by atoms with Gasteiger partial charge >= 0.3 is 12.1 Å². The molecule has 0 aromatic heterocycles. The first kappa shape index (κ1) is 32.5. The second-order valence-corrected chi connectivity index (χ2v) is 11.3. The predicted molar refractivity (Wildman–Crippen MR) is 175 cm³/mol. The summed E-state index contributed by atoms with van der Waals surface area (Å²) in [5.74, 6) is 0.981. The lowest BCUT2D eigenvalue weighted by Gasteiger charge is -2.16. The third-order valence-electron chi connectivity index (χ3n) is 7.99. The summed E-state index contributed by atoms with van der Waals surface area (Å²) in [4.78, 5) is 24.1. The Bertz CT molecular complexity index is 1810. The number of carbonyl (C=O) groups is 2. The van der Waals surface area contributed by atoms with Crippen LogP contribution in [0.25, 0.3) is 33.0 Å². The molecule has 0 spiro atoms. The molecule has 0 unspecified atom stereocenters. The van der Waals surface area contributed by atoms with Gasteiger partial charge in [0.2, 0.25) is 0 Å². The number of hydrogen-bond donors (Lipinski definition) is 0. The van der Waals surface area contributed by atoms with E-state index in [2.05, 4.69) is 6.92 Å². The molecule has 0 atom stereocenters.